The lowest BCUT2D eigenvalue weighted by molar-refractivity contribution is 0.0730. The van der Waals surface area contributed by atoms with Gasteiger partial charge in [-0.1, -0.05) is 13.8 Å². The zero-order valence-electron chi connectivity index (χ0n) is 11.8. The number of ether oxygens (including phenoxy) is 1. The molecule has 0 aromatic carbocycles. The van der Waals surface area contributed by atoms with E-state index in [1.54, 1.807) is 23.9 Å². The van der Waals surface area contributed by atoms with Gasteiger partial charge in [-0.3, -0.25) is 0 Å². The minimum Gasteiger partial charge on any atom is -0.379 e. The van der Waals surface area contributed by atoms with Crippen LogP contribution in [-0.4, -0.2) is 49.3 Å². The molecule has 1 aromatic heterocycles. The van der Waals surface area contributed by atoms with E-state index in [0.29, 0.717) is 31.6 Å². The number of rotatable bonds is 5. The zero-order valence-corrected chi connectivity index (χ0v) is 13.4. The van der Waals surface area contributed by atoms with Crippen LogP contribution in [0.2, 0.25) is 0 Å². The molecule has 0 radical (unpaired) electrons. The van der Waals surface area contributed by atoms with E-state index in [-0.39, 0.29) is 4.90 Å². The average Bonchev–Trinajstić information content (AvgIpc) is 2.48. The summed E-state index contributed by atoms with van der Waals surface area (Å²) in [5.41, 5.74) is 0. The first-order chi connectivity index (χ1) is 9.54. The van der Waals surface area contributed by atoms with Gasteiger partial charge in [-0.25, -0.2) is 13.4 Å². The molecule has 1 aromatic rings. The van der Waals surface area contributed by atoms with Crippen LogP contribution in [0, 0.1) is 0 Å². The van der Waals surface area contributed by atoms with Crippen molar-refractivity contribution in [2.75, 3.05) is 26.3 Å². The number of thioether (sulfide) groups is 1. The first-order valence-corrected chi connectivity index (χ1v) is 9.06. The standard InChI is InChI=1S/C13H20N2O3S2/c1-3-11(2)19-13-5-4-12(10-14-13)20(16,17)15-6-8-18-9-7-15/h4-5,10-11H,3,6-9H2,1-2H3. The second kappa shape index (κ2) is 6.89. The summed E-state index contributed by atoms with van der Waals surface area (Å²) in [5, 5.41) is 1.34. The van der Waals surface area contributed by atoms with E-state index in [4.69, 9.17) is 4.74 Å². The van der Waals surface area contributed by atoms with Gasteiger partial charge in [0.15, 0.2) is 0 Å². The number of pyridine rings is 1. The topological polar surface area (TPSA) is 59.5 Å². The van der Waals surface area contributed by atoms with Crippen LogP contribution in [0.25, 0.3) is 0 Å². The second-order valence-electron chi connectivity index (χ2n) is 4.69. The molecule has 112 valence electrons. The van der Waals surface area contributed by atoms with Gasteiger partial charge in [-0.15, -0.1) is 11.8 Å². The molecule has 0 N–H and O–H groups in total. The van der Waals surface area contributed by atoms with Gasteiger partial charge in [0.1, 0.15) is 4.90 Å². The number of sulfonamides is 1. The highest BCUT2D eigenvalue weighted by molar-refractivity contribution is 7.99. The Morgan fingerprint density at radius 2 is 2.10 bits per heavy atom. The summed E-state index contributed by atoms with van der Waals surface area (Å²) in [5.74, 6) is 0. The predicted molar refractivity (Wildman–Crippen MR) is 79.4 cm³/mol. The second-order valence-corrected chi connectivity index (χ2v) is 8.08. The third-order valence-corrected chi connectivity index (χ3v) is 6.31. The molecule has 2 heterocycles. The van der Waals surface area contributed by atoms with Gasteiger partial charge in [0.05, 0.1) is 18.2 Å². The molecular formula is C13H20N2O3S2. The van der Waals surface area contributed by atoms with Gasteiger partial charge in [0.25, 0.3) is 0 Å². The molecule has 1 aliphatic rings. The van der Waals surface area contributed by atoms with Crippen molar-refractivity contribution in [1.82, 2.24) is 9.29 Å². The van der Waals surface area contributed by atoms with Gasteiger partial charge in [-0.05, 0) is 18.6 Å². The fourth-order valence-corrected chi connectivity index (χ4v) is 4.01. The van der Waals surface area contributed by atoms with Gasteiger partial charge >= 0.3 is 0 Å². The quantitative estimate of drug-likeness (QED) is 0.778. The highest BCUT2D eigenvalue weighted by Gasteiger charge is 2.26. The normalized spacial score (nSPS) is 18.9. The molecule has 0 bridgehead atoms. The van der Waals surface area contributed by atoms with E-state index < -0.39 is 10.0 Å². The molecule has 7 heteroatoms. The minimum atomic E-state index is -3.43. The van der Waals surface area contributed by atoms with Crippen LogP contribution in [0.3, 0.4) is 0 Å². The monoisotopic (exact) mass is 316 g/mol. The molecule has 1 fully saturated rings. The van der Waals surface area contributed by atoms with E-state index >= 15 is 0 Å². The molecule has 1 saturated heterocycles. The van der Waals surface area contributed by atoms with Crippen LogP contribution in [0.1, 0.15) is 20.3 Å². The molecule has 1 atom stereocenters. The number of hydrogen-bond donors (Lipinski definition) is 0. The Balaban J connectivity index is 2.12. The number of aromatic nitrogens is 1. The van der Waals surface area contributed by atoms with Crippen molar-refractivity contribution >= 4 is 21.8 Å². The number of morpholine rings is 1. The Kier molecular flexibility index (Phi) is 5.42. The Labute approximate surface area is 124 Å². The minimum absolute atomic E-state index is 0.257. The van der Waals surface area contributed by atoms with E-state index in [9.17, 15) is 8.42 Å². The molecule has 0 aliphatic carbocycles. The molecule has 0 spiro atoms. The van der Waals surface area contributed by atoms with Crippen molar-refractivity contribution in [1.29, 1.82) is 0 Å². The van der Waals surface area contributed by atoms with E-state index in [2.05, 4.69) is 18.8 Å². The van der Waals surface area contributed by atoms with E-state index in [0.717, 1.165) is 11.4 Å². The number of nitrogens with zero attached hydrogens (tertiary/aromatic N) is 2. The molecule has 1 aliphatic heterocycles. The Bertz CT molecular complexity index is 525. The first kappa shape index (κ1) is 15.8. The number of hydrogen-bond acceptors (Lipinski definition) is 5. The summed E-state index contributed by atoms with van der Waals surface area (Å²) >= 11 is 1.66. The van der Waals surface area contributed by atoms with Gasteiger partial charge in [-0.2, -0.15) is 4.31 Å². The summed E-state index contributed by atoms with van der Waals surface area (Å²) in [4.78, 5) is 4.51. The fraction of sp³-hybridized carbons (Fsp3) is 0.615. The van der Waals surface area contributed by atoms with Crippen LogP contribution in [0.5, 0.6) is 0 Å². The van der Waals surface area contributed by atoms with Crippen molar-refractivity contribution in [3.8, 4) is 0 Å². The maximum absolute atomic E-state index is 12.4. The van der Waals surface area contributed by atoms with Crippen LogP contribution in [-0.2, 0) is 14.8 Å². The smallest absolute Gasteiger partial charge is 0.244 e. The summed E-state index contributed by atoms with van der Waals surface area (Å²) < 4.78 is 31.4. The lowest BCUT2D eigenvalue weighted by Gasteiger charge is -2.25. The highest BCUT2D eigenvalue weighted by Crippen LogP contribution is 2.24. The molecule has 1 unspecified atom stereocenters. The van der Waals surface area contributed by atoms with Crippen molar-refractivity contribution in [3.63, 3.8) is 0 Å². The Morgan fingerprint density at radius 3 is 2.65 bits per heavy atom. The lowest BCUT2D eigenvalue weighted by Crippen LogP contribution is -2.40. The van der Waals surface area contributed by atoms with Crippen LogP contribution >= 0.6 is 11.8 Å². The molecule has 5 nitrogen and oxygen atoms in total. The van der Waals surface area contributed by atoms with Crippen LogP contribution in [0.15, 0.2) is 28.3 Å². The average molecular weight is 316 g/mol. The summed E-state index contributed by atoms with van der Waals surface area (Å²) in [6.45, 7) is 5.97. The maximum Gasteiger partial charge on any atom is 0.244 e. The van der Waals surface area contributed by atoms with Crippen molar-refractivity contribution in [2.24, 2.45) is 0 Å². The lowest BCUT2D eigenvalue weighted by atomic mass is 10.4. The summed E-state index contributed by atoms with van der Waals surface area (Å²) in [6.07, 6.45) is 2.51. The van der Waals surface area contributed by atoms with Gasteiger partial charge < -0.3 is 4.74 Å². The van der Waals surface area contributed by atoms with Gasteiger partial charge in [0.2, 0.25) is 10.0 Å². The van der Waals surface area contributed by atoms with Crippen LogP contribution in [0.4, 0.5) is 0 Å². The third-order valence-electron chi connectivity index (χ3n) is 3.21. The molecule has 0 saturated carbocycles. The van der Waals surface area contributed by atoms with E-state index in [1.807, 2.05) is 0 Å². The largest absolute Gasteiger partial charge is 0.379 e. The van der Waals surface area contributed by atoms with Crippen molar-refractivity contribution in [3.05, 3.63) is 18.3 Å². The predicted octanol–water partition coefficient (Wildman–Crippen LogP) is 1.99. The Hall–Kier alpha value is -0.630. The van der Waals surface area contributed by atoms with Crippen molar-refractivity contribution in [2.45, 2.75) is 35.4 Å². The summed E-state index contributed by atoms with van der Waals surface area (Å²) in [6, 6.07) is 3.42. The maximum atomic E-state index is 12.4. The molecule has 2 rings (SSSR count). The molecule has 20 heavy (non-hydrogen) atoms. The molecular weight excluding hydrogens is 296 g/mol. The first-order valence-electron chi connectivity index (χ1n) is 6.74. The Morgan fingerprint density at radius 1 is 1.40 bits per heavy atom. The van der Waals surface area contributed by atoms with E-state index in [1.165, 1.54) is 10.5 Å². The van der Waals surface area contributed by atoms with Crippen LogP contribution < -0.4 is 0 Å². The SMILES string of the molecule is CCC(C)Sc1ccc(S(=O)(=O)N2CCOCC2)cn1. The third kappa shape index (κ3) is 3.72. The highest BCUT2D eigenvalue weighted by atomic mass is 32.2. The fourth-order valence-electron chi connectivity index (χ4n) is 1.81. The zero-order chi connectivity index (χ0) is 14.6. The van der Waals surface area contributed by atoms with Crippen molar-refractivity contribution < 1.29 is 13.2 Å². The summed E-state index contributed by atoms with van der Waals surface area (Å²) in [7, 11) is -3.43. The van der Waals surface area contributed by atoms with Gasteiger partial charge in [0, 0.05) is 24.5 Å². The molecule has 0 amide bonds.